The summed E-state index contributed by atoms with van der Waals surface area (Å²) in [4.78, 5) is 3.92. The number of thioether (sulfide) groups is 1. The van der Waals surface area contributed by atoms with Crippen molar-refractivity contribution < 1.29 is 8.78 Å². The van der Waals surface area contributed by atoms with Gasteiger partial charge in [-0.05, 0) is 6.08 Å². The lowest BCUT2D eigenvalue weighted by Gasteiger charge is -1.87. The van der Waals surface area contributed by atoms with Gasteiger partial charge in [0, 0.05) is 17.3 Å². The van der Waals surface area contributed by atoms with Crippen LogP contribution < -0.4 is 0 Å². The van der Waals surface area contributed by atoms with E-state index in [0.29, 0.717) is 0 Å². The van der Waals surface area contributed by atoms with E-state index in [1.807, 2.05) is 5.38 Å². The summed E-state index contributed by atoms with van der Waals surface area (Å²) in [6.07, 6.45) is 0.906. The molecule has 0 aromatic carbocycles. The maximum atomic E-state index is 11.5. The van der Waals surface area contributed by atoms with Crippen molar-refractivity contribution in [2.75, 3.05) is 5.75 Å². The van der Waals surface area contributed by atoms with E-state index in [2.05, 4.69) is 4.98 Å². The molecular formula is C6H5F2NS2. The Morgan fingerprint density at radius 1 is 1.73 bits per heavy atom. The summed E-state index contributed by atoms with van der Waals surface area (Å²) in [5, 5.41) is 1.82. The van der Waals surface area contributed by atoms with Crippen LogP contribution in [-0.2, 0) is 0 Å². The Morgan fingerprint density at radius 3 is 3.09 bits per heavy atom. The summed E-state index contributed by atoms with van der Waals surface area (Å²) in [5.74, 6) is 0.288. The molecule has 5 heteroatoms. The van der Waals surface area contributed by atoms with Crippen LogP contribution in [0.25, 0.3) is 0 Å². The van der Waals surface area contributed by atoms with Crippen LogP contribution in [0.3, 0.4) is 0 Å². The molecule has 60 valence electrons. The molecule has 1 heterocycles. The highest BCUT2D eigenvalue weighted by Crippen LogP contribution is 2.20. The molecule has 11 heavy (non-hydrogen) atoms. The summed E-state index contributed by atoms with van der Waals surface area (Å²) in [5.41, 5.74) is 0. The first-order valence-corrected chi connectivity index (χ1v) is 4.69. The number of hydrogen-bond donors (Lipinski definition) is 0. The predicted molar refractivity (Wildman–Crippen MR) is 43.1 cm³/mol. The van der Waals surface area contributed by atoms with Gasteiger partial charge < -0.3 is 0 Å². The molecule has 0 aliphatic rings. The van der Waals surface area contributed by atoms with E-state index in [9.17, 15) is 8.78 Å². The van der Waals surface area contributed by atoms with Gasteiger partial charge in [0.25, 0.3) is 6.08 Å². The maximum absolute atomic E-state index is 11.5. The zero-order chi connectivity index (χ0) is 8.10. The van der Waals surface area contributed by atoms with Crippen LogP contribution in [-0.4, -0.2) is 10.7 Å². The molecule has 0 bridgehead atoms. The molecule has 1 nitrogen and oxygen atoms in total. The van der Waals surface area contributed by atoms with E-state index in [4.69, 9.17) is 0 Å². The van der Waals surface area contributed by atoms with Gasteiger partial charge in [0.2, 0.25) is 0 Å². The van der Waals surface area contributed by atoms with Gasteiger partial charge in [-0.3, -0.25) is 0 Å². The lowest BCUT2D eigenvalue weighted by Crippen LogP contribution is -1.71. The van der Waals surface area contributed by atoms with Gasteiger partial charge in [-0.1, -0.05) is 11.8 Å². The molecule has 0 spiro atoms. The van der Waals surface area contributed by atoms with Gasteiger partial charge in [-0.25, -0.2) is 4.98 Å². The summed E-state index contributed by atoms with van der Waals surface area (Å²) in [7, 11) is 0. The summed E-state index contributed by atoms with van der Waals surface area (Å²) in [6, 6.07) is 0. The highest BCUT2D eigenvalue weighted by atomic mass is 32.2. The minimum atomic E-state index is -1.63. The van der Waals surface area contributed by atoms with Crippen LogP contribution >= 0.6 is 23.1 Å². The molecule has 1 rings (SSSR count). The summed E-state index contributed by atoms with van der Waals surface area (Å²) >= 11 is 2.76. The quantitative estimate of drug-likeness (QED) is 0.684. The van der Waals surface area contributed by atoms with Crippen molar-refractivity contribution in [1.82, 2.24) is 4.98 Å². The summed E-state index contributed by atoms with van der Waals surface area (Å²) in [6.45, 7) is 0. The Labute approximate surface area is 71.2 Å². The average molecular weight is 193 g/mol. The largest absolute Gasteiger partial charge is 0.267 e. The lowest BCUT2D eigenvalue weighted by molar-refractivity contribution is 0.420. The second-order valence-corrected chi connectivity index (χ2v) is 3.76. The van der Waals surface area contributed by atoms with Crippen molar-refractivity contribution in [1.29, 1.82) is 0 Å². The van der Waals surface area contributed by atoms with E-state index < -0.39 is 6.08 Å². The van der Waals surface area contributed by atoms with Crippen molar-refractivity contribution in [3.05, 3.63) is 23.7 Å². The van der Waals surface area contributed by atoms with Crippen LogP contribution in [0.4, 0.5) is 8.78 Å². The zero-order valence-electron chi connectivity index (χ0n) is 5.46. The topological polar surface area (TPSA) is 12.9 Å². The van der Waals surface area contributed by atoms with Crippen LogP contribution in [0.1, 0.15) is 0 Å². The number of aromatic nitrogens is 1. The fraction of sp³-hybridized carbons (Fsp3) is 0.167. The van der Waals surface area contributed by atoms with Crippen LogP contribution in [0.15, 0.2) is 28.1 Å². The molecule has 0 amide bonds. The Kier molecular flexibility index (Phi) is 3.51. The van der Waals surface area contributed by atoms with Gasteiger partial charge in [-0.2, -0.15) is 8.78 Å². The predicted octanol–water partition coefficient (Wildman–Crippen LogP) is 3.02. The molecular weight excluding hydrogens is 188 g/mol. The normalized spacial score (nSPS) is 9.64. The van der Waals surface area contributed by atoms with Crippen LogP contribution in [0.5, 0.6) is 0 Å². The fourth-order valence-corrected chi connectivity index (χ4v) is 1.95. The smallest absolute Gasteiger partial charge is 0.238 e. The van der Waals surface area contributed by atoms with Crippen LogP contribution in [0, 0.1) is 0 Å². The van der Waals surface area contributed by atoms with E-state index in [-0.39, 0.29) is 5.75 Å². The molecule has 1 aromatic heterocycles. The van der Waals surface area contributed by atoms with E-state index in [0.717, 1.165) is 10.4 Å². The SMILES string of the molecule is FC(F)=CCSc1nccs1. The first-order valence-electron chi connectivity index (χ1n) is 2.82. The minimum absolute atomic E-state index is 0.288. The highest BCUT2D eigenvalue weighted by molar-refractivity contribution is 8.01. The van der Waals surface area contributed by atoms with Gasteiger partial charge >= 0.3 is 0 Å². The molecule has 0 atom stereocenters. The summed E-state index contributed by atoms with van der Waals surface area (Å²) < 4.78 is 23.8. The van der Waals surface area contributed by atoms with Crippen molar-refractivity contribution in [2.45, 2.75) is 4.34 Å². The molecule has 0 unspecified atom stereocenters. The molecule has 0 radical (unpaired) electrons. The van der Waals surface area contributed by atoms with E-state index >= 15 is 0 Å². The van der Waals surface area contributed by atoms with Crippen molar-refractivity contribution in [3.8, 4) is 0 Å². The second kappa shape index (κ2) is 4.46. The van der Waals surface area contributed by atoms with Gasteiger partial charge in [0.15, 0.2) is 0 Å². The zero-order valence-corrected chi connectivity index (χ0v) is 7.09. The molecule has 0 aliphatic heterocycles. The monoisotopic (exact) mass is 193 g/mol. The number of nitrogens with zero attached hydrogens (tertiary/aromatic N) is 1. The van der Waals surface area contributed by atoms with E-state index in [1.165, 1.54) is 23.1 Å². The molecule has 0 saturated heterocycles. The maximum Gasteiger partial charge on any atom is 0.267 e. The highest BCUT2D eigenvalue weighted by Gasteiger charge is 1.94. The second-order valence-electron chi connectivity index (χ2n) is 1.60. The van der Waals surface area contributed by atoms with Gasteiger partial charge in [-0.15, -0.1) is 11.3 Å². The number of thiazole rings is 1. The van der Waals surface area contributed by atoms with Crippen molar-refractivity contribution in [3.63, 3.8) is 0 Å². The molecule has 1 aromatic rings. The number of halogens is 2. The Morgan fingerprint density at radius 2 is 2.55 bits per heavy atom. The fourth-order valence-electron chi connectivity index (χ4n) is 0.458. The third-order valence-corrected chi connectivity index (χ3v) is 2.75. The first kappa shape index (κ1) is 8.67. The number of hydrogen-bond acceptors (Lipinski definition) is 3. The molecule has 0 N–H and O–H groups in total. The molecule has 0 saturated carbocycles. The lowest BCUT2D eigenvalue weighted by atomic mass is 10.7. The van der Waals surface area contributed by atoms with Crippen molar-refractivity contribution in [2.24, 2.45) is 0 Å². The minimum Gasteiger partial charge on any atom is -0.238 e. The third kappa shape index (κ3) is 3.48. The Hall–Kier alpha value is -0.420. The van der Waals surface area contributed by atoms with Gasteiger partial charge in [0.05, 0.1) is 0 Å². The van der Waals surface area contributed by atoms with Gasteiger partial charge in [0.1, 0.15) is 4.34 Å². The molecule has 0 fully saturated rings. The van der Waals surface area contributed by atoms with Crippen molar-refractivity contribution >= 4 is 23.1 Å². The third-order valence-electron chi connectivity index (χ3n) is 0.854. The first-order chi connectivity index (χ1) is 5.29. The van der Waals surface area contributed by atoms with E-state index in [1.54, 1.807) is 6.20 Å². The Balaban J connectivity index is 2.30. The molecule has 0 aliphatic carbocycles. The average Bonchev–Trinajstić information content (AvgIpc) is 2.39. The number of rotatable bonds is 3. The van der Waals surface area contributed by atoms with Crippen LogP contribution in [0.2, 0.25) is 0 Å². The Bertz CT molecular complexity index is 229. The standard InChI is InChI=1S/C6H5F2NS2/c7-5(8)1-3-10-6-9-2-4-11-6/h1-2,4H,3H2.